The first-order chi connectivity index (χ1) is 9.29. The van der Waals surface area contributed by atoms with Crippen molar-refractivity contribution in [2.75, 3.05) is 26.7 Å². The highest BCUT2D eigenvalue weighted by Crippen LogP contribution is 2.17. The summed E-state index contributed by atoms with van der Waals surface area (Å²) in [5, 5.41) is 0. The van der Waals surface area contributed by atoms with Gasteiger partial charge in [0, 0.05) is 12.1 Å². The molecule has 3 heteroatoms. The quantitative estimate of drug-likeness (QED) is 0.599. The van der Waals surface area contributed by atoms with Crippen molar-refractivity contribution in [1.29, 1.82) is 0 Å². The van der Waals surface area contributed by atoms with Crippen LogP contribution in [0.15, 0.2) is 30.3 Å². The lowest BCUT2D eigenvalue weighted by atomic mass is 9.98. The monoisotopic (exact) mass is 257 g/mol. The van der Waals surface area contributed by atoms with Crippen molar-refractivity contribution in [2.45, 2.75) is 12.8 Å². The zero-order valence-electron chi connectivity index (χ0n) is 11.3. The molecule has 3 nitrogen and oxygen atoms in total. The summed E-state index contributed by atoms with van der Waals surface area (Å²) in [7, 11) is 1.45. The zero-order valence-corrected chi connectivity index (χ0v) is 11.3. The van der Waals surface area contributed by atoms with Gasteiger partial charge in [-0.3, -0.25) is 9.69 Å². The van der Waals surface area contributed by atoms with Gasteiger partial charge in [0.25, 0.3) is 0 Å². The van der Waals surface area contributed by atoms with Crippen LogP contribution in [-0.4, -0.2) is 37.6 Å². The Morgan fingerprint density at radius 1 is 1.42 bits per heavy atom. The Morgan fingerprint density at radius 2 is 2.21 bits per heavy atom. The molecular formula is C16H19NO2. The number of methoxy groups -OCH3 is 1. The fourth-order valence-electron chi connectivity index (χ4n) is 2.33. The smallest absolute Gasteiger partial charge is 0.309 e. The van der Waals surface area contributed by atoms with Crippen molar-refractivity contribution in [3.8, 4) is 11.8 Å². The molecule has 1 saturated heterocycles. The number of rotatable bonds is 2. The lowest BCUT2D eigenvalue weighted by Gasteiger charge is -2.29. The van der Waals surface area contributed by atoms with Crippen LogP contribution in [0, 0.1) is 17.8 Å². The van der Waals surface area contributed by atoms with Gasteiger partial charge in [-0.25, -0.2) is 0 Å². The van der Waals surface area contributed by atoms with Crippen LogP contribution in [0.4, 0.5) is 0 Å². The van der Waals surface area contributed by atoms with E-state index in [2.05, 4.69) is 16.7 Å². The molecule has 1 fully saturated rings. The van der Waals surface area contributed by atoms with E-state index in [9.17, 15) is 4.79 Å². The maximum atomic E-state index is 11.5. The van der Waals surface area contributed by atoms with Gasteiger partial charge in [0.15, 0.2) is 0 Å². The molecule has 1 unspecified atom stereocenters. The number of benzene rings is 1. The van der Waals surface area contributed by atoms with Crippen LogP contribution >= 0.6 is 0 Å². The van der Waals surface area contributed by atoms with E-state index in [1.807, 2.05) is 30.3 Å². The van der Waals surface area contributed by atoms with E-state index in [4.69, 9.17) is 4.74 Å². The molecule has 0 bridgehead atoms. The molecule has 0 spiro atoms. The lowest BCUT2D eigenvalue weighted by Crippen LogP contribution is -2.39. The van der Waals surface area contributed by atoms with Crippen LogP contribution < -0.4 is 0 Å². The minimum atomic E-state index is -0.0966. The molecule has 0 radical (unpaired) electrons. The van der Waals surface area contributed by atoms with Crippen molar-refractivity contribution in [3.63, 3.8) is 0 Å². The summed E-state index contributed by atoms with van der Waals surface area (Å²) in [6.45, 7) is 2.48. The molecule has 1 aromatic rings. The van der Waals surface area contributed by atoms with Crippen molar-refractivity contribution in [1.82, 2.24) is 4.90 Å². The maximum Gasteiger partial charge on any atom is 0.309 e. The van der Waals surface area contributed by atoms with Crippen LogP contribution in [0.3, 0.4) is 0 Å². The van der Waals surface area contributed by atoms with E-state index in [0.29, 0.717) is 6.54 Å². The van der Waals surface area contributed by atoms with Crippen LogP contribution in [0.2, 0.25) is 0 Å². The Kier molecular flexibility index (Phi) is 5.00. The molecular weight excluding hydrogens is 238 g/mol. The number of ether oxygens (including phenoxy) is 1. The molecule has 1 atom stereocenters. The van der Waals surface area contributed by atoms with E-state index in [1.165, 1.54) is 7.11 Å². The summed E-state index contributed by atoms with van der Waals surface area (Å²) in [4.78, 5) is 13.7. The van der Waals surface area contributed by atoms with E-state index < -0.39 is 0 Å². The summed E-state index contributed by atoms with van der Waals surface area (Å²) in [6, 6.07) is 9.95. The second kappa shape index (κ2) is 6.96. The highest BCUT2D eigenvalue weighted by Gasteiger charge is 2.25. The molecule has 0 saturated carbocycles. The number of hydrogen-bond acceptors (Lipinski definition) is 3. The number of piperidine rings is 1. The number of esters is 1. The first-order valence-electron chi connectivity index (χ1n) is 6.63. The third-order valence-electron chi connectivity index (χ3n) is 3.35. The molecule has 1 aliphatic rings. The van der Waals surface area contributed by atoms with E-state index in [0.717, 1.165) is 31.5 Å². The standard InChI is InChI=1S/C16H19NO2/c1-19-16(18)15-10-6-12-17(13-15)11-5-9-14-7-3-2-4-8-14/h2-4,7-8,15H,6,10-13H2,1H3. The molecule has 0 aromatic heterocycles. The number of hydrogen-bond donors (Lipinski definition) is 0. The fraction of sp³-hybridized carbons (Fsp3) is 0.438. The van der Waals surface area contributed by atoms with Gasteiger partial charge in [-0.2, -0.15) is 0 Å². The second-order valence-corrected chi connectivity index (χ2v) is 4.77. The van der Waals surface area contributed by atoms with Crippen LogP contribution in [0.5, 0.6) is 0 Å². The van der Waals surface area contributed by atoms with E-state index in [-0.39, 0.29) is 11.9 Å². The van der Waals surface area contributed by atoms with Crippen LogP contribution in [0.25, 0.3) is 0 Å². The van der Waals surface area contributed by atoms with Crippen molar-refractivity contribution in [2.24, 2.45) is 5.92 Å². The average molecular weight is 257 g/mol. The summed E-state index contributed by atoms with van der Waals surface area (Å²) in [5.74, 6) is 6.23. The number of nitrogens with zero attached hydrogens (tertiary/aromatic N) is 1. The van der Waals surface area contributed by atoms with Crippen molar-refractivity contribution >= 4 is 5.97 Å². The molecule has 0 amide bonds. The van der Waals surface area contributed by atoms with Crippen molar-refractivity contribution < 1.29 is 9.53 Å². The minimum absolute atomic E-state index is 0.0114. The molecule has 2 rings (SSSR count). The molecule has 1 heterocycles. The fourth-order valence-corrected chi connectivity index (χ4v) is 2.33. The van der Waals surface area contributed by atoms with Gasteiger partial charge in [-0.05, 0) is 31.5 Å². The molecule has 1 aliphatic heterocycles. The van der Waals surface area contributed by atoms with Gasteiger partial charge in [0.2, 0.25) is 0 Å². The molecule has 0 N–H and O–H groups in total. The van der Waals surface area contributed by atoms with Gasteiger partial charge in [-0.1, -0.05) is 30.0 Å². The Morgan fingerprint density at radius 3 is 2.95 bits per heavy atom. The third kappa shape index (κ3) is 4.11. The van der Waals surface area contributed by atoms with Gasteiger partial charge in [0.05, 0.1) is 19.6 Å². The minimum Gasteiger partial charge on any atom is -0.469 e. The lowest BCUT2D eigenvalue weighted by molar-refractivity contribution is -0.147. The molecule has 0 aliphatic carbocycles. The Bertz CT molecular complexity index is 473. The van der Waals surface area contributed by atoms with Gasteiger partial charge in [-0.15, -0.1) is 0 Å². The normalized spacial score (nSPS) is 19.3. The number of carbonyl (C=O) groups excluding carboxylic acids is 1. The topological polar surface area (TPSA) is 29.5 Å². The molecule has 19 heavy (non-hydrogen) atoms. The first-order valence-corrected chi connectivity index (χ1v) is 6.63. The SMILES string of the molecule is COC(=O)C1CCCN(CC#Cc2ccccc2)C1. The number of likely N-dealkylation sites (tertiary alicyclic amines) is 1. The maximum absolute atomic E-state index is 11.5. The summed E-state index contributed by atoms with van der Waals surface area (Å²) >= 11 is 0. The molecule has 1 aromatic carbocycles. The average Bonchev–Trinajstić information content (AvgIpc) is 2.48. The summed E-state index contributed by atoms with van der Waals surface area (Å²) in [5.41, 5.74) is 1.03. The van der Waals surface area contributed by atoms with Crippen LogP contribution in [-0.2, 0) is 9.53 Å². The predicted octanol–water partition coefficient (Wildman–Crippen LogP) is 1.92. The zero-order chi connectivity index (χ0) is 13.5. The first kappa shape index (κ1) is 13.6. The predicted molar refractivity (Wildman–Crippen MR) is 74.5 cm³/mol. The van der Waals surface area contributed by atoms with Gasteiger partial charge in [0.1, 0.15) is 0 Å². The second-order valence-electron chi connectivity index (χ2n) is 4.77. The summed E-state index contributed by atoms with van der Waals surface area (Å²) in [6.07, 6.45) is 1.96. The largest absolute Gasteiger partial charge is 0.469 e. The van der Waals surface area contributed by atoms with Crippen molar-refractivity contribution in [3.05, 3.63) is 35.9 Å². The van der Waals surface area contributed by atoms with E-state index >= 15 is 0 Å². The van der Waals surface area contributed by atoms with E-state index in [1.54, 1.807) is 0 Å². The third-order valence-corrected chi connectivity index (χ3v) is 3.35. The van der Waals surface area contributed by atoms with Gasteiger partial charge < -0.3 is 4.74 Å². The number of carbonyl (C=O) groups is 1. The van der Waals surface area contributed by atoms with Gasteiger partial charge >= 0.3 is 5.97 Å². The highest BCUT2D eigenvalue weighted by atomic mass is 16.5. The Hall–Kier alpha value is -1.79. The Balaban J connectivity index is 1.86. The van der Waals surface area contributed by atoms with Crippen LogP contribution in [0.1, 0.15) is 18.4 Å². The molecule has 100 valence electrons. The Labute approximate surface area is 114 Å². The highest BCUT2D eigenvalue weighted by molar-refractivity contribution is 5.72. The summed E-state index contributed by atoms with van der Waals surface area (Å²) < 4.78 is 4.81.